The highest BCUT2D eigenvalue weighted by molar-refractivity contribution is 5.93. The molecule has 1 aromatic carbocycles. The van der Waals surface area contributed by atoms with Crippen molar-refractivity contribution in [2.75, 3.05) is 31.7 Å². The van der Waals surface area contributed by atoms with E-state index in [9.17, 15) is 14.0 Å². The van der Waals surface area contributed by atoms with Crippen LogP contribution < -0.4 is 10.2 Å². The summed E-state index contributed by atoms with van der Waals surface area (Å²) in [7, 11) is 1.30. The van der Waals surface area contributed by atoms with Gasteiger partial charge in [-0.25, -0.2) is 14.0 Å². The SMILES string of the molecule is CCOC(=O)c1cc2c(F)cc(N3CCC3CNC(=O)OC)cc2o1. The van der Waals surface area contributed by atoms with Crippen LogP contribution in [-0.4, -0.2) is 44.9 Å². The summed E-state index contributed by atoms with van der Waals surface area (Å²) in [6.07, 6.45) is 0.370. The minimum atomic E-state index is -0.622. The van der Waals surface area contributed by atoms with Gasteiger partial charge in [-0.3, -0.25) is 0 Å². The molecular weight excluding hydrogens is 331 g/mol. The van der Waals surface area contributed by atoms with Gasteiger partial charge in [0.2, 0.25) is 5.76 Å². The molecule has 2 aromatic rings. The number of esters is 1. The predicted octanol–water partition coefficient (Wildman–Crippen LogP) is 2.68. The summed E-state index contributed by atoms with van der Waals surface area (Å²) < 4.78 is 29.3. The first kappa shape index (κ1) is 17.1. The fourth-order valence-electron chi connectivity index (χ4n) is 2.82. The Kier molecular flexibility index (Phi) is 4.78. The van der Waals surface area contributed by atoms with Crippen molar-refractivity contribution in [3.63, 3.8) is 0 Å². The highest BCUT2D eigenvalue weighted by Crippen LogP contribution is 2.32. The van der Waals surface area contributed by atoms with E-state index in [-0.39, 0.29) is 29.4 Å². The van der Waals surface area contributed by atoms with Gasteiger partial charge in [-0.1, -0.05) is 0 Å². The van der Waals surface area contributed by atoms with Crippen LogP contribution in [0.3, 0.4) is 0 Å². The minimum Gasteiger partial charge on any atom is -0.460 e. The van der Waals surface area contributed by atoms with E-state index in [1.54, 1.807) is 13.0 Å². The highest BCUT2D eigenvalue weighted by atomic mass is 19.1. The normalized spacial score (nSPS) is 16.4. The van der Waals surface area contributed by atoms with E-state index in [4.69, 9.17) is 9.15 Å². The number of benzene rings is 1. The Morgan fingerprint density at radius 3 is 2.84 bits per heavy atom. The lowest BCUT2D eigenvalue weighted by molar-refractivity contribution is 0.0492. The van der Waals surface area contributed by atoms with Gasteiger partial charge in [0.1, 0.15) is 11.4 Å². The third-order valence-electron chi connectivity index (χ3n) is 4.19. The molecule has 0 spiro atoms. The third kappa shape index (κ3) is 3.38. The maximum Gasteiger partial charge on any atom is 0.406 e. The number of carbonyl (C=O) groups is 2. The van der Waals surface area contributed by atoms with Crippen molar-refractivity contribution < 1.29 is 27.9 Å². The summed E-state index contributed by atoms with van der Waals surface area (Å²) >= 11 is 0. The molecule has 3 rings (SSSR count). The molecule has 8 heteroatoms. The fraction of sp³-hybridized carbons (Fsp3) is 0.412. The maximum atomic E-state index is 14.4. The summed E-state index contributed by atoms with van der Waals surface area (Å²) in [6.45, 7) is 3.04. The largest absolute Gasteiger partial charge is 0.460 e. The van der Waals surface area contributed by atoms with E-state index >= 15 is 0 Å². The van der Waals surface area contributed by atoms with Crippen molar-refractivity contribution in [2.24, 2.45) is 0 Å². The van der Waals surface area contributed by atoms with Gasteiger partial charge >= 0.3 is 12.1 Å². The number of halogens is 1. The number of anilines is 1. The van der Waals surface area contributed by atoms with Crippen LogP contribution >= 0.6 is 0 Å². The highest BCUT2D eigenvalue weighted by Gasteiger charge is 2.29. The van der Waals surface area contributed by atoms with Gasteiger partial charge in [0.25, 0.3) is 0 Å². The molecule has 1 aliphatic rings. The van der Waals surface area contributed by atoms with Gasteiger partial charge in [0, 0.05) is 37.0 Å². The first-order valence-electron chi connectivity index (χ1n) is 8.02. The van der Waals surface area contributed by atoms with Gasteiger partial charge in [-0.05, 0) is 19.4 Å². The van der Waals surface area contributed by atoms with Crippen molar-refractivity contribution >= 4 is 28.7 Å². The second-order valence-electron chi connectivity index (χ2n) is 5.68. The van der Waals surface area contributed by atoms with Gasteiger partial charge in [-0.2, -0.15) is 0 Å². The molecule has 1 amide bonds. The first-order valence-corrected chi connectivity index (χ1v) is 8.02. The second-order valence-corrected chi connectivity index (χ2v) is 5.68. The van der Waals surface area contributed by atoms with E-state index in [1.807, 2.05) is 4.90 Å². The Hall–Kier alpha value is -2.77. The van der Waals surface area contributed by atoms with Gasteiger partial charge in [0.05, 0.1) is 19.1 Å². The van der Waals surface area contributed by atoms with Crippen LogP contribution in [0.25, 0.3) is 11.0 Å². The lowest BCUT2D eigenvalue weighted by Gasteiger charge is -2.42. The number of rotatable bonds is 5. The number of ether oxygens (including phenoxy) is 2. The zero-order valence-electron chi connectivity index (χ0n) is 14.0. The number of nitrogens with one attached hydrogen (secondary N) is 1. The molecule has 1 aromatic heterocycles. The van der Waals surface area contributed by atoms with Crippen molar-refractivity contribution in [3.8, 4) is 0 Å². The molecule has 0 aliphatic carbocycles. The third-order valence-corrected chi connectivity index (χ3v) is 4.19. The van der Waals surface area contributed by atoms with Crippen molar-refractivity contribution in [3.05, 3.63) is 29.8 Å². The lowest BCUT2D eigenvalue weighted by atomic mass is 10.0. The molecule has 7 nitrogen and oxygen atoms in total. The summed E-state index contributed by atoms with van der Waals surface area (Å²) in [6, 6.07) is 4.48. The standard InChI is InChI=1S/C17H19FN2O5/c1-3-24-16(21)15-8-12-13(18)6-11(7-14(12)25-15)20-5-4-10(20)9-19-17(22)23-2/h6-8,10H,3-5,9H2,1-2H3,(H,19,22). The van der Waals surface area contributed by atoms with E-state index in [0.717, 1.165) is 13.0 Å². The van der Waals surface area contributed by atoms with Crippen LogP contribution in [0, 0.1) is 5.82 Å². The Balaban J connectivity index is 1.80. The number of methoxy groups -OCH3 is 1. The quantitative estimate of drug-likeness (QED) is 0.835. The molecule has 2 heterocycles. The predicted molar refractivity (Wildman–Crippen MR) is 88.3 cm³/mol. The molecule has 1 unspecified atom stereocenters. The first-order chi connectivity index (χ1) is 12.0. The van der Waals surface area contributed by atoms with Crippen LogP contribution in [0.2, 0.25) is 0 Å². The van der Waals surface area contributed by atoms with Crippen molar-refractivity contribution in [1.82, 2.24) is 5.32 Å². The molecule has 0 saturated carbocycles. The number of hydrogen-bond donors (Lipinski definition) is 1. The fourth-order valence-corrected chi connectivity index (χ4v) is 2.82. The number of nitrogens with zero attached hydrogens (tertiary/aromatic N) is 1. The van der Waals surface area contributed by atoms with Gasteiger partial charge < -0.3 is 24.1 Å². The molecule has 1 N–H and O–H groups in total. The number of fused-ring (bicyclic) bond motifs is 1. The van der Waals surface area contributed by atoms with Gasteiger partial charge in [0.15, 0.2) is 0 Å². The monoisotopic (exact) mass is 350 g/mol. The molecule has 25 heavy (non-hydrogen) atoms. The minimum absolute atomic E-state index is 0.0274. The van der Waals surface area contributed by atoms with E-state index in [0.29, 0.717) is 12.2 Å². The van der Waals surface area contributed by atoms with Crippen LogP contribution in [0.4, 0.5) is 14.9 Å². The molecule has 1 fully saturated rings. The number of hydrogen-bond acceptors (Lipinski definition) is 6. The summed E-state index contributed by atoms with van der Waals surface area (Å²) in [5.74, 6) is -1.12. The Labute approximate surface area is 143 Å². The number of carbonyl (C=O) groups excluding carboxylic acids is 2. The zero-order valence-corrected chi connectivity index (χ0v) is 14.0. The Bertz CT molecular complexity index is 804. The Morgan fingerprint density at radius 1 is 1.40 bits per heavy atom. The Morgan fingerprint density at radius 2 is 2.20 bits per heavy atom. The smallest absolute Gasteiger partial charge is 0.406 e. The summed E-state index contributed by atoms with van der Waals surface area (Å²) in [5, 5.41) is 2.87. The average Bonchev–Trinajstić information content (AvgIpc) is 2.99. The molecule has 134 valence electrons. The average molecular weight is 350 g/mol. The van der Waals surface area contributed by atoms with Crippen LogP contribution in [0.15, 0.2) is 22.6 Å². The summed E-state index contributed by atoms with van der Waals surface area (Å²) in [4.78, 5) is 24.9. The van der Waals surface area contributed by atoms with E-state index in [1.165, 1.54) is 19.2 Å². The molecule has 1 aliphatic heterocycles. The summed E-state index contributed by atoms with van der Waals surface area (Å²) in [5.41, 5.74) is 0.919. The number of furan rings is 1. The second kappa shape index (κ2) is 7.00. The van der Waals surface area contributed by atoms with Crippen LogP contribution in [0.1, 0.15) is 23.9 Å². The molecule has 1 atom stereocenters. The number of alkyl carbamates (subject to hydrolysis) is 1. The zero-order chi connectivity index (χ0) is 18.0. The number of amides is 1. The lowest BCUT2D eigenvalue weighted by Crippen LogP contribution is -2.53. The van der Waals surface area contributed by atoms with E-state index < -0.39 is 17.9 Å². The maximum absolute atomic E-state index is 14.4. The molecule has 0 radical (unpaired) electrons. The van der Waals surface area contributed by atoms with Crippen molar-refractivity contribution in [2.45, 2.75) is 19.4 Å². The molecular formula is C17H19FN2O5. The van der Waals surface area contributed by atoms with Crippen molar-refractivity contribution in [1.29, 1.82) is 0 Å². The van der Waals surface area contributed by atoms with Gasteiger partial charge in [-0.15, -0.1) is 0 Å². The molecule has 0 bridgehead atoms. The van der Waals surface area contributed by atoms with Crippen LogP contribution in [-0.2, 0) is 9.47 Å². The van der Waals surface area contributed by atoms with E-state index in [2.05, 4.69) is 10.1 Å². The van der Waals surface area contributed by atoms with Crippen LogP contribution in [0.5, 0.6) is 0 Å². The topological polar surface area (TPSA) is 81.0 Å². The molecule has 1 saturated heterocycles.